The lowest BCUT2D eigenvalue weighted by Gasteiger charge is -2.00. The molecule has 0 unspecified atom stereocenters. The average Bonchev–Trinajstić information content (AvgIpc) is 2.18. The Kier molecular flexibility index (Phi) is 1.83. The van der Waals surface area contributed by atoms with Gasteiger partial charge in [-0.05, 0) is 6.07 Å². The Balaban J connectivity index is 2.92. The molecule has 3 N–H and O–H groups in total. The van der Waals surface area contributed by atoms with Crippen LogP contribution >= 0.6 is 0 Å². The van der Waals surface area contributed by atoms with E-state index in [1.807, 2.05) is 24.3 Å². The van der Waals surface area contributed by atoms with Crippen LogP contribution in [0.1, 0.15) is 5.56 Å². The third-order valence-corrected chi connectivity index (χ3v) is 1.99. The van der Waals surface area contributed by atoms with Crippen LogP contribution in [0.4, 0.5) is 0 Å². The minimum atomic E-state index is -0.207. The number of hydrogen-bond donors (Lipinski definition) is 2. The molecule has 1 aromatic carbocycles. The number of rotatable bonds is 1. The molecule has 0 aliphatic carbocycles. The number of nitrogens with one attached hydrogen (secondary N) is 1. The minimum Gasteiger partial charge on any atom is -0.326 e. The lowest BCUT2D eigenvalue weighted by Crippen LogP contribution is -2.17. The summed E-state index contributed by atoms with van der Waals surface area (Å²) in [5.41, 5.74) is 6.62. The number of nitrogens with two attached hydrogens (primary N) is 1. The summed E-state index contributed by atoms with van der Waals surface area (Å²) in [6, 6.07) is 7.42. The lowest BCUT2D eigenvalue weighted by molar-refractivity contribution is 0.960. The van der Waals surface area contributed by atoms with E-state index in [2.05, 4.69) is 10.2 Å². The standard InChI is InChI=1S/C9H9N3O/c10-5-7-6-3-1-2-4-8(6)11-12-9(7)13/h1-4H,5,10H2,(H,12,13). The van der Waals surface area contributed by atoms with Crippen LogP contribution in [-0.2, 0) is 6.54 Å². The fourth-order valence-electron chi connectivity index (χ4n) is 1.33. The van der Waals surface area contributed by atoms with E-state index in [1.165, 1.54) is 0 Å². The summed E-state index contributed by atoms with van der Waals surface area (Å²) in [5, 5.41) is 7.13. The average molecular weight is 175 g/mol. The molecule has 2 rings (SSSR count). The Morgan fingerprint density at radius 3 is 2.92 bits per heavy atom. The first kappa shape index (κ1) is 7.94. The molecule has 0 aliphatic heterocycles. The van der Waals surface area contributed by atoms with E-state index in [9.17, 15) is 4.79 Å². The molecule has 0 atom stereocenters. The van der Waals surface area contributed by atoms with Gasteiger partial charge in [0.15, 0.2) is 0 Å². The van der Waals surface area contributed by atoms with Gasteiger partial charge in [-0.3, -0.25) is 4.79 Å². The number of nitrogens with zero attached hydrogens (tertiary/aromatic N) is 1. The van der Waals surface area contributed by atoms with Gasteiger partial charge in [0.25, 0.3) is 5.56 Å². The van der Waals surface area contributed by atoms with Crippen LogP contribution in [0, 0.1) is 0 Å². The van der Waals surface area contributed by atoms with Gasteiger partial charge in [-0.2, -0.15) is 5.10 Å². The summed E-state index contributed by atoms with van der Waals surface area (Å²) in [6.07, 6.45) is 0. The van der Waals surface area contributed by atoms with Gasteiger partial charge in [0.1, 0.15) is 0 Å². The van der Waals surface area contributed by atoms with Gasteiger partial charge >= 0.3 is 0 Å². The second-order valence-electron chi connectivity index (χ2n) is 2.75. The zero-order chi connectivity index (χ0) is 9.26. The van der Waals surface area contributed by atoms with Gasteiger partial charge < -0.3 is 5.73 Å². The molecule has 66 valence electrons. The number of aromatic nitrogens is 2. The Bertz CT molecular complexity index is 489. The third-order valence-electron chi connectivity index (χ3n) is 1.99. The number of H-pyrrole nitrogens is 1. The van der Waals surface area contributed by atoms with Crippen molar-refractivity contribution in [1.29, 1.82) is 0 Å². The fourth-order valence-corrected chi connectivity index (χ4v) is 1.33. The largest absolute Gasteiger partial charge is 0.326 e. The van der Waals surface area contributed by atoms with Crippen molar-refractivity contribution < 1.29 is 0 Å². The molecule has 4 heteroatoms. The number of hydrogen-bond acceptors (Lipinski definition) is 3. The summed E-state index contributed by atoms with van der Waals surface area (Å²) in [4.78, 5) is 11.3. The number of fused-ring (bicyclic) bond motifs is 1. The minimum absolute atomic E-state index is 0.207. The van der Waals surface area contributed by atoms with Crippen LogP contribution in [0.15, 0.2) is 29.1 Å². The van der Waals surface area contributed by atoms with Crippen LogP contribution in [0.5, 0.6) is 0 Å². The van der Waals surface area contributed by atoms with Crippen LogP contribution in [0.25, 0.3) is 10.9 Å². The summed E-state index contributed by atoms with van der Waals surface area (Å²) < 4.78 is 0. The number of aromatic amines is 1. The highest BCUT2D eigenvalue weighted by Gasteiger charge is 2.03. The Morgan fingerprint density at radius 2 is 2.15 bits per heavy atom. The van der Waals surface area contributed by atoms with Crippen LogP contribution in [-0.4, -0.2) is 10.2 Å². The SMILES string of the molecule is NCc1c(=O)[nH]nc2ccccc12. The molecule has 1 heterocycles. The first-order valence-electron chi connectivity index (χ1n) is 3.99. The highest BCUT2D eigenvalue weighted by atomic mass is 16.1. The van der Waals surface area contributed by atoms with Gasteiger partial charge in [-0.15, -0.1) is 0 Å². The quantitative estimate of drug-likeness (QED) is 0.658. The molecule has 0 radical (unpaired) electrons. The van der Waals surface area contributed by atoms with E-state index in [1.54, 1.807) is 0 Å². The monoisotopic (exact) mass is 175 g/mol. The zero-order valence-corrected chi connectivity index (χ0v) is 6.95. The van der Waals surface area contributed by atoms with E-state index in [-0.39, 0.29) is 12.1 Å². The molecule has 0 fully saturated rings. The van der Waals surface area contributed by atoms with Crippen LogP contribution in [0.2, 0.25) is 0 Å². The van der Waals surface area contributed by atoms with E-state index in [0.29, 0.717) is 5.56 Å². The maximum absolute atomic E-state index is 11.3. The van der Waals surface area contributed by atoms with Crippen molar-refractivity contribution in [2.45, 2.75) is 6.54 Å². The Labute approximate surface area is 74.4 Å². The van der Waals surface area contributed by atoms with Crippen molar-refractivity contribution in [3.63, 3.8) is 0 Å². The molecule has 0 saturated carbocycles. The molecule has 0 amide bonds. The first-order chi connectivity index (χ1) is 6.33. The summed E-state index contributed by atoms with van der Waals surface area (Å²) in [6.45, 7) is 0.234. The topological polar surface area (TPSA) is 71.8 Å². The van der Waals surface area contributed by atoms with Gasteiger partial charge in [0.2, 0.25) is 0 Å². The lowest BCUT2D eigenvalue weighted by atomic mass is 10.1. The molecule has 0 aliphatic rings. The third kappa shape index (κ3) is 1.21. The highest BCUT2D eigenvalue weighted by molar-refractivity contribution is 5.80. The summed E-state index contributed by atoms with van der Waals surface area (Å²) in [5.74, 6) is 0. The van der Waals surface area contributed by atoms with Gasteiger partial charge in [-0.25, -0.2) is 5.10 Å². The van der Waals surface area contributed by atoms with Crippen molar-refractivity contribution in [3.05, 3.63) is 40.2 Å². The van der Waals surface area contributed by atoms with Crippen LogP contribution < -0.4 is 11.3 Å². The molecule has 0 saturated heterocycles. The van der Waals surface area contributed by atoms with Crippen molar-refractivity contribution in [2.75, 3.05) is 0 Å². The second kappa shape index (κ2) is 2.99. The summed E-state index contributed by atoms with van der Waals surface area (Å²) in [7, 11) is 0. The molecule has 2 aromatic rings. The van der Waals surface area contributed by atoms with E-state index in [4.69, 9.17) is 5.73 Å². The molecular formula is C9H9N3O. The summed E-state index contributed by atoms with van der Waals surface area (Å²) >= 11 is 0. The number of benzene rings is 1. The first-order valence-corrected chi connectivity index (χ1v) is 3.99. The number of para-hydroxylation sites is 1. The van der Waals surface area contributed by atoms with E-state index >= 15 is 0 Å². The molecular weight excluding hydrogens is 166 g/mol. The molecule has 4 nitrogen and oxygen atoms in total. The molecule has 0 spiro atoms. The second-order valence-corrected chi connectivity index (χ2v) is 2.75. The fraction of sp³-hybridized carbons (Fsp3) is 0.111. The van der Waals surface area contributed by atoms with Gasteiger partial charge in [0.05, 0.1) is 5.52 Å². The van der Waals surface area contributed by atoms with Crippen molar-refractivity contribution in [1.82, 2.24) is 10.2 Å². The highest BCUT2D eigenvalue weighted by Crippen LogP contribution is 2.10. The van der Waals surface area contributed by atoms with Crippen molar-refractivity contribution in [3.8, 4) is 0 Å². The van der Waals surface area contributed by atoms with Gasteiger partial charge in [-0.1, -0.05) is 18.2 Å². The van der Waals surface area contributed by atoms with E-state index < -0.39 is 0 Å². The molecule has 1 aromatic heterocycles. The Hall–Kier alpha value is -1.68. The van der Waals surface area contributed by atoms with Gasteiger partial charge in [0, 0.05) is 17.5 Å². The predicted molar refractivity (Wildman–Crippen MR) is 50.3 cm³/mol. The van der Waals surface area contributed by atoms with Crippen LogP contribution in [0.3, 0.4) is 0 Å². The molecule has 13 heavy (non-hydrogen) atoms. The normalized spacial score (nSPS) is 10.5. The Morgan fingerprint density at radius 1 is 1.38 bits per heavy atom. The zero-order valence-electron chi connectivity index (χ0n) is 6.95. The van der Waals surface area contributed by atoms with Crippen molar-refractivity contribution >= 4 is 10.9 Å². The smallest absolute Gasteiger partial charge is 0.269 e. The maximum atomic E-state index is 11.3. The van der Waals surface area contributed by atoms with Crippen molar-refractivity contribution in [2.24, 2.45) is 5.73 Å². The molecule has 0 bridgehead atoms. The van der Waals surface area contributed by atoms with E-state index in [0.717, 1.165) is 10.9 Å². The maximum Gasteiger partial charge on any atom is 0.269 e. The predicted octanol–water partition coefficient (Wildman–Crippen LogP) is 0.382.